The van der Waals surface area contributed by atoms with E-state index in [1.54, 1.807) is 37.3 Å². The van der Waals surface area contributed by atoms with Crippen molar-refractivity contribution >= 4 is 22.6 Å². The van der Waals surface area contributed by atoms with Gasteiger partial charge in [0.15, 0.2) is 23.9 Å². The Morgan fingerprint density at radius 1 is 0.974 bits per heavy atom. The van der Waals surface area contributed by atoms with Gasteiger partial charge in [-0.05, 0) is 61.4 Å². The molecular formula is C28H24F3NO6. The second-order valence-electron chi connectivity index (χ2n) is 8.49. The van der Waals surface area contributed by atoms with Gasteiger partial charge in [-0.15, -0.1) is 0 Å². The summed E-state index contributed by atoms with van der Waals surface area (Å²) in [7, 11) is 2.93. The second-order valence-corrected chi connectivity index (χ2v) is 8.49. The molecule has 0 bridgehead atoms. The molecular weight excluding hydrogens is 503 g/mol. The maximum atomic E-state index is 13.6. The number of para-hydroxylation sites is 1. The van der Waals surface area contributed by atoms with E-state index >= 15 is 0 Å². The third kappa shape index (κ3) is 5.29. The molecule has 0 spiro atoms. The minimum atomic E-state index is -4.67. The van der Waals surface area contributed by atoms with Crippen molar-refractivity contribution in [1.29, 1.82) is 0 Å². The van der Waals surface area contributed by atoms with Crippen molar-refractivity contribution in [1.82, 2.24) is 0 Å². The van der Waals surface area contributed by atoms with Gasteiger partial charge in [-0.25, -0.2) is 0 Å². The van der Waals surface area contributed by atoms with Crippen LogP contribution >= 0.6 is 0 Å². The molecule has 0 unspecified atom stereocenters. The largest absolute Gasteiger partial charge is 0.493 e. The molecule has 1 N–H and O–H groups in total. The van der Waals surface area contributed by atoms with Crippen LogP contribution in [-0.2, 0) is 11.0 Å². The molecule has 0 atom stereocenters. The first-order valence-corrected chi connectivity index (χ1v) is 11.4. The molecule has 0 aliphatic carbocycles. The zero-order valence-corrected chi connectivity index (χ0v) is 21.0. The minimum absolute atomic E-state index is 0.0249. The van der Waals surface area contributed by atoms with Gasteiger partial charge in [0.05, 0.1) is 30.9 Å². The van der Waals surface area contributed by atoms with Gasteiger partial charge in [0, 0.05) is 5.56 Å². The predicted molar refractivity (Wildman–Crippen MR) is 136 cm³/mol. The van der Waals surface area contributed by atoms with E-state index in [0.29, 0.717) is 28.2 Å². The summed E-state index contributed by atoms with van der Waals surface area (Å²) in [5, 5.41) is 2.46. The summed E-state index contributed by atoms with van der Waals surface area (Å²) < 4.78 is 62.3. The maximum Gasteiger partial charge on any atom is 0.418 e. The van der Waals surface area contributed by atoms with Crippen LogP contribution in [0.1, 0.15) is 16.7 Å². The number of hydrogen-bond donors (Lipinski definition) is 1. The summed E-state index contributed by atoms with van der Waals surface area (Å²) in [4.78, 5) is 26.2. The van der Waals surface area contributed by atoms with E-state index in [0.717, 1.165) is 17.7 Å². The number of benzene rings is 3. The number of nitrogens with one attached hydrogen (secondary N) is 1. The fraction of sp³-hybridized carbons (Fsp3) is 0.214. The molecule has 198 valence electrons. The van der Waals surface area contributed by atoms with Crippen LogP contribution in [0.5, 0.6) is 17.2 Å². The number of aryl methyl sites for hydroxylation is 2. The Hall–Kier alpha value is -4.47. The fourth-order valence-corrected chi connectivity index (χ4v) is 4.13. The maximum absolute atomic E-state index is 13.6. The van der Waals surface area contributed by atoms with Gasteiger partial charge in [-0.1, -0.05) is 18.2 Å². The number of fused-ring (bicyclic) bond motifs is 1. The smallest absolute Gasteiger partial charge is 0.418 e. The molecule has 0 aliphatic rings. The van der Waals surface area contributed by atoms with Crippen LogP contribution in [0.2, 0.25) is 0 Å². The van der Waals surface area contributed by atoms with Crippen molar-refractivity contribution in [3.63, 3.8) is 0 Å². The fourth-order valence-electron chi connectivity index (χ4n) is 4.13. The highest BCUT2D eigenvalue weighted by atomic mass is 19.4. The molecule has 0 fully saturated rings. The van der Waals surface area contributed by atoms with E-state index in [9.17, 15) is 22.8 Å². The highest BCUT2D eigenvalue weighted by molar-refractivity contribution is 5.93. The number of alkyl halides is 3. The first-order chi connectivity index (χ1) is 18.0. The Labute approximate surface area is 215 Å². The van der Waals surface area contributed by atoms with E-state index in [2.05, 4.69) is 5.32 Å². The van der Waals surface area contributed by atoms with E-state index in [1.165, 1.54) is 26.4 Å². The van der Waals surface area contributed by atoms with Crippen molar-refractivity contribution in [3.8, 4) is 28.6 Å². The Morgan fingerprint density at radius 2 is 1.68 bits per heavy atom. The highest BCUT2D eigenvalue weighted by Crippen LogP contribution is 2.38. The summed E-state index contributed by atoms with van der Waals surface area (Å²) in [6, 6.07) is 12.9. The lowest BCUT2D eigenvalue weighted by Gasteiger charge is -2.16. The van der Waals surface area contributed by atoms with Crippen molar-refractivity contribution in [2.24, 2.45) is 0 Å². The Kier molecular flexibility index (Phi) is 7.34. The van der Waals surface area contributed by atoms with Crippen LogP contribution < -0.4 is 25.0 Å². The molecule has 7 nitrogen and oxygen atoms in total. The van der Waals surface area contributed by atoms with Gasteiger partial charge in [-0.2, -0.15) is 13.2 Å². The molecule has 3 aromatic carbocycles. The number of amides is 1. The van der Waals surface area contributed by atoms with Gasteiger partial charge in [-0.3, -0.25) is 9.59 Å². The number of carbonyl (C=O) groups excluding carboxylic acids is 1. The van der Waals surface area contributed by atoms with Crippen LogP contribution in [0, 0.1) is 13.8 Å². The van der Waals surface area contributed by atoms with E-state index < -0.39 is 35.4 Å². The van der Waals surface area contributed by atoms with Crippen LogP contribution in [-0.4, -0.2) is 26.7 Å². The van der Waals surface area contributed by atoms with Crippen LogP contribution in [0.3, 0.4) is 0 Å². The molecule has 1 amide bonds. The first-order valence-electron chi connectivity index (χ1n) is 11.4. The Balaban J connectivity index is 1.76. The van der Waals surface area contributed by atoms with Gasteiger partial charge in [0.2, 0.25) is 11.2 Å². The van der Waals surface area contributed by atoms with E-state index in [-0.39, 0.29) is 16.9 Å². The van der Waals surface area contributed by atoms with E-state index in [1.807, 2.05) is 6.92 Å². The number of halogens is 3. The van der Waals surface area contributed by atoms with Gasteiger partial charge < -0.3 is 23.9 Å². The molecule has 4 aromatic rings. The molecule has 0 saturated carbocycles. The van der Waals surface area contributed by atoms with Crippen molar-refractivity contribution in [2.75, 3.05) is 26.1 Å². The molecule has 0 radical (unpaired) electrons. The lowest BCUT2D eigenvalue weighted by Crippen LogP contribution is -2.24. The standard InChI is InChI=1S/C28H24F3NO6/c1-15-11-16(2)24-22(12-15)38-26(17-9-10-20(35-3)21(13-17)36-4)27(25(24)34)37-14-23(33)32-19-8-6-5-7-18(19)28(29,30)31/h5-13H,14H2,1-4H3,(H,32,33). The number of anilines is 1. The highest BCUT2D eigenvalue weighted by Gasteiger charge is 2.33. The number of methoxy groups -OCH3 is 2. The van der Waals surface area contributed by atoms with Crippen molar-refractivity contribution in [3.05, 3.63) is 81.5 Å². The SMILES string of the molecule is COc1ccc(-c2oc3cc(C)cc(C)c3c(=O)c2OCC(=O)Nc2ccccc2C(F)(F)F)cc1OC. The minimum Gasteiger partial charge on any atom is -0.493 e. The number of rotatable bonds is 7. The number of carbonyl (C=O) groups is 1. The summed E-state index contributed by atoms with van der Waals surface area (Å²) in [5.41, 5.74) is 0.263. The van der Waals surface area contributed by atoms with Crippen LogP contribution in [0.4, 0.5) is 18.9 Å². The average molecular weight is 527 g/mol. The third-order valence-corrected chi connectivity index (χ3v) is 5.80. The summed E-state index contributed by atoms with van der Waals surface area (Å²) in [6.07, 6.45) is -4.67. The van der Waals surface area contributed by atoms with Crippen LogP contribution in [0.25, 0.3) is 22.3 Å². The monoisotopic (exact) mass is 527 g/mol. The summed E-state index contributed by atoms with van der Waals surface area (Å²) >= 11 is 0. The van der Waals surface area contributed by atoms with Crippen LogP contribution in [0.15, 0.2) is 63.8 Å². The van der Waals surface area contributed by atoms with E-state index in [4.69, 9.17) is 18.6 Å². The molecule has 0 saturated heterocycles. The molecule has 10 heteroatoms. The zero-order valence-electron chi connectivity index (χ0n) is 21.0. The van der Waals surface area contributed by atoms with Gasteiger partial charge in [0.1, 0.15) is 5.58 Å². The lowest BCUT2D eigenvalue weighted by atomic mass is 10.0. The third-order valence-electron chi connectivity index (χ3n) is 5.80. The Bertz CT molecular complexity index is 1580. The topological polar surface area (TPSA) is 87.0 Å². The summed E-state index contributed by atoms with van der Waals surface area (Å²) in [5.74, 6) is -0.329. The average Bonchev–Trinajstić information content (AvgIpc) is 2.86. The number of ether oxygens (including phenoxy) is 3. The number of hydrogen-bond acceptors (Lipinski definition) is 6. The first kappa shape index (κ1) is 26.6. The molecule has 0 aliphatic heterocycles. The predicted octanol–water partition coefficient (Wildman–Crippen LogP) is 6.13. The quantitative estimate of drug-likeness (QED) is 0.311. The van der Waals surface area contributed by atoms with Gasteiger partial charge in [0.25, 0.3) is 5.91 Å². The Morgan fingerprint density at radius 3 is 2.37 bits per heavy atom. The van der Waals surface area contributed by atoms with Gasteiger partial charge >= 0.3 is 6.18 Å². The van der Waals surface area contributed by atoms with Crippen molar-refractivity contribution < 1.29 is 36.6 Å². The zero-order chi connectivity index (χ0) is 27.6. The second kappa shape index (κ2) is 10.5. The van der Waals surface area contributed by atoms with Crippen molar-refractivity contribution in [2.45, 2.75) is 20.0 Å². The molecule has 38 heavy (non-hydrogen) atoms. The molecule has 1 heterocycles. The normalized spacial score (nSPS) is 11.3. The molecule has 1 aromatic heterocycles. The summed E-state index contributed by atoms with van der Waals surface area (Å²) in [6.45, 7) is 2.86. The molecule has 4 rings (SSSR count). The lowest BCUT2D eigenvalue weighted by molar-refractivity contribution is -0.137.